The lowest BCUT2D eigenvalue weighted by atomic mass is 10.0. The van der Waals surface area contributed by atoms with Gasteiger partial charge in [-0.15, -0.1) is 11.6 Å². The van der Waals surface area contributed by atoms with Gasteiger partial charge in [-0.05, 0) is 24.5 Å². The summed E-state index contributed by atoms with van der Waals surface area (Å²) in [7, 11) is 0. The van der Waals surface area contributed by atoms with Crippen molar-refractivity contribution in [3.8, 4) is 0 Å². The van der Waals surface area contributed by atoms with E-state index in [1.54, 1.807) is 6.07 Å². The fourth-order valence-electron chi connectivity index (χ4n) is 1.40. The number of rotatable bonds is 5. The van der Waals surface area contributed by atoms with Gasteiger partial charge in [-0.1, -0.05) is 35.3 Å². The SMILES string of the molecule is NNC(CCCCl)c1cccc(Cl)c1Cl. The van der Waals surface area contributed by atoms with E-state index in [2.05, 4.69) is 5.43 Å². The Balaban J connectivity index is 2.86. The van der Waals surface area contributed by atoms with Crippen LogP contribution in [0.1, 0.15) is 24.4 Å². The van der Waals surface area contributed by atoms with Crippen LogP contribution in [-0.4, -0.2) is 5.88 Å². The molecule has 0 aliphatic carbocycles. The molecule has 0 aliphatic rings. The summed E-state index contributed by atoms with van der Waals surface area (Å²) in [5.74, 6) is 6.08. The van der Waals surface area contributed by atoms with Gasteiger partial charge in [0.25, 0.3) is 0 Å². The number of hydrogen-bond donors (Lipinski definition) is 2. The zero-order valence-electron chi connectivity index (χ0n) is 8.14. The van der Waals surface area contributed by atoms with E-state index in [0.29, 0.717) is 15.9 Å². The summed E-state index contributed by atoms with van der Waals surface area (Å²) in [6.07, 6.45) is 1.71. The summed E-state index contributed by atoms with van der Waals surface area (Å²) in [6.45, 7) is 0. The minimum Gasteiger partial charge on any atom is -0.271 e. The molecule has 3 N–H and O–H groups in total. The third-order valence-electron chi connectivity index (χ3n) is 2.18. The number of hydrogen-bond acceptors (Lipinski definition) is 2. The molecule has 0 fully saturated rings. The maximum absolute atomic E-state index is 6.09. The standard InChI is InChI=1S/C10H13Cl3N2/c11-6-2-5-9(15-14)7-3-1-4-8(12)10(7)13/h1,3-4,9,15H,2,5-6,14H2. The second-order valence-corrected chi connectivity index (χ2v) is 4.36. The van der Waals surface area contributed by atoms with Crippen molar-refractivity contribution in [2.45, 2.75) is 18.9 Å². The molecule has 5 heteroatoms. The van der Waals surface area contributed by atoms with E-state index in [0.717, 1.165) is 18.4 Å². The number of nitrogens with one attached hydrogen (secondary N) is 1. The van der Waals surface area contributed by atoms with Crippen LogP contribution < -0.4 is 11.3 Å². The highest BCUT2D eigenvalue weighted by atomic mass is 35.5. The molecule has 0 amide bonds. The van der Waals surface area contributed by atoms with Gasteiger partial charge >= 0.3 is 0 Å². The predicted octanol–water partition coefficient (Wildman–Crippen LogP) is 3.52. The number of benzene rings is 1. The second kappa shape index (κ2) is 6.56. The zero-order chi connectivity index (χ0) is 11.3. The van der Waals surface area contributed by atoms with E-state index >= 15 is 0 Å². The summed E-state index contributed by atoms with van der Waals surface area (Å²) < 4.78 is 0. The molecule has 15 heavy (non-hydrogen) atoms. The highest BCUT2D eigenvalue weighted by molar-refractivity contribution is 6.42. The molecule has 0 aliphatic heterocycles. The first-order chi connectivity index (χ1) is 7.20. The molecule has 1 unspecified atom stereocenters. The molecule has 1 rings (SSSR count). The molecule has 1 aromatic carbocycles. The van der Waals surface area contributed by atoms with Crippen LogP contribution in [0.4, 0.5) is 0 Å². The summed E-state index contributed by atoms with van der Waals surface area (Å²) in [5, 5.41) is 1.09. The molecule has 84 valence electrons. The van der Waals surface area contributed by atoms with E-state index in [4.69, 9.17) is 40.6 Å². The molecular weight excluding hydrogens is 254 g/mol. The quantitative estimate of drug-likeness (QED) is 0.487. The lowest BCUT2D eigenvalue weighted by Crippen LogP contribution is -2.28. The van der Waals surface area contributed by atoms with E-state index < -0.39 is 0 Å². The summed E-state index contributed by atoms with van der Waals surface area (Å²) in [6, 6.07) is 5.51. The monoisotopic (exact) mass is 266 g/mol. The Morgan fingerprint density at radius 1 is 1.33 bits per heavy atom. The number of alkyl halides is 1. The fraction of sp³-hybridized carbons (Fsp3) is 0.400. The number of halogens is 3. The predicted molar refractivity (Wildman–Crippen MR) is 66.5 cm³/mol. The average molecular weight is 268 g/mol. The van der Waals surface area contributed by atoms with Crippen LogP contribution >= 0.6 is 34.8 Å². The van der Waals surface area contributed by atoms with E-state index in [9.17, 15) is 0 Å². The summed E-state index contributed by atoms with van der Waals surface area (Å²) >= 11 is 17.6. The first-order valence-corrected chi connectivity index (χ1v) is 5.95. The molecule has 0 radical (unpaired) electrons. The summed E-state index contributed by atoms with van der Waals surface area (Å²) in [5.41, 5.74) is 3.63. The minimum absolute atomic E-state index is 0.00468. The molecule has 0 heterocycles. The molecule has 0 saturated heterocycles. The van der Waals surface area contributed by atoms with Gasteiger partial charge in [0.05, 0.1) is 10.0 Å². The molecule has 2 nitrogen and oxygen atoms in total. The van der Waals surface area contributed by atoms with Crippen LogP contribution in [0.3, 0.4) is 0 Å². The maximum atomic E-state index is 6.09. The van der Waals surface area contributed by atoms with Crippen molar-refractivity contribution in [3.63, 3.8) is 0 Å². The molecule has 0 saturated carbocycles. The molecule has 0 spiro atoms. The molecule has 1 aromatic rings. The van der Waals surface area contributed by atoms with Crippen molar-refractivity contribution in [2.75, 3.05) is 5.88 Å². The van der Waals surface area contributed by atoms with Crippen molar-refractivity contribution in [2.24, 2.45) is 5.84 Å². The Morgan fingerprint density at radius 3 is 2.67 bits per heavy atom. The van der Waals surface area contributed by atoms with Gasteiger partial charge in [0.15, 0.2) is 0 Å². The van der Waals surface area contributed by atoms with Gasteiger partial charge in [-0.3, -0.25) is 11.3 Å². The van der Waals surface area contributed by atoms with Crippen LogP contribution in [0, 0.1) is 0 Å². The Kier molecular flexibility index (Phi) is 5.72. The van der Waals surface area contributed by atoms with Crippen molar-refractivity contribution in [3.05, 3.63) is 33.8 Å². The molecule has 1 atom stereocenters. The molecular formula is C10H13Cl3N2. The van der Waals surface area contributed by atoms with Crippen LogP contribution in [0.25, 0.3) is 0 Å². The summed E-state index contributed by atoms with van der Waals surface area (Å²) in [4.78, 5) is 0. The third-order valence-corrected chi connectivity index (χ3v) is 3.29. The van der Waals surface area contributed by atoms with Crippen molar-refractivity contribution < 1.29 is 0 Å². The Bertz CT molecular complexity index is 318. The van der Waals surface area contributed by atoms with Gasteiger partial charge in [-0.25, -0.2) is 0 Å². The van der Waals surface area contributed by atoms with Gasteiger partial charge < -0.3 is 0 Å². The lowest BCUT2D eigenvalue weighted by Gasteiger charge is -2.17. The number of hydrazine groups is 1. The van der Waals surface area contributed by atoms with Crippen LogP contribution in [0.15, 0.2) is 18.2 Å². The molecule has 0 aromatic heterocycles. The maximum Gasteiger partial charge on any atom is 0.0640 e. The highest BCUT2D eigenvalue weighted by Gasteiger charge is 2.14. The fourth-order valence-corrected chi connectivity index (χ4v) is 1.99. The van der Waals surface area contributed by atoms with E-state index in [1.807, 2.05) is 12.1 Å². The molecule has 0 bridgehead atoms. The normalized spacial score (nSPS) is 12.8. The Hall–Kier alpha value is 0.01000. The van der Waals surface area contributed by atoms with Gasteiger partial charge in [0.2, 0.25) is 0 Å². The largest absolute Gasteiger partial charge is 0.271 e. The lowest BCUT2D eigenvalue weighted by molar-refractivity contribution is 0.511. The highest BCUT2D eigenvalue weighted by Crippen LogP contribution is 2.31. The zero-order valence-corrected chi connectivity index (χ0v) is 10.4. The Morgan fingerprint density at radius 2 is 2.07 bits per heavy atom. The third kappa shape index (κ3) is 3.51. The van der Waals surface area contributed by atoms with Crippen molar-refractivity contribution in [1.29, 1.82) is 0 Å². The minimum atomic E-state index is -0.00468. The van der Waals surface area contributed by atoms with Crippen LogP contribution in [-0.2, 0) is 0 Å². The van der Waals surface area contributed by atoms with Crippen LogP contribution in [0.5, 0.6) is 0 Å². The second-order valence-electron chi connectivity index (χ2n) is 3.19. The van der Waals surface area contributed by atoms with Crippen molar-refractivity contribution in [1.82, 2.24) is 5.43 Å². The topological polar surface area (TPSA) is 38.0 Å². The van der Waals surface area contributed by atoms with Gasteiger partial charge in [0, 0.05) is 11.9 Å². The smallest absolute Gasteiger partial charge is 0.0640 e. The number of nitrogens with two attached hydrogens (primary N) is 1. The van der Waals surface area contributed by atoms with Gasteiger partial charge in [0.1, 0.15) is 0 Å². The van der Waals surface area contributed by atoms with Crippen LogP contribution in [0.2, 0.25) is 10.0 Å². The van der Waals surface area contributed by atoms with E-state index in [-0.39, 0.29) is 6.04 Å². The van der Waals surface area contributed by atoms with E-state index in [1.165, 1.54) is 0 Å². The first kappa shape index (κ1) is 13.1. The van der Waals surface area contributed by atoms with Crippen molar-refractivity contribution >= 4 is 34.8 Å². The first-order valence-electron chi connectivity index (χ1n) is 4.66. The average Bonchev–Trinajstić information content (AvgIpc) is 2.25. The Labute approximate surface area is 105 Å². The van der Waals surface area contributed by atoms with Gasteiger partial charge in [-0.2, -0.15) is 0 Å².